The Bertz CT molecular complexity index is 1430. The van der Waals surface area contributed by atoms with Crippen molar-refractivity contribution in [3.63, 3.8) is 0 Å². The first-order valence-electron chi connectivity index (χ1n) is 10.6. The van der Waals surface area contributed by atoms with E-state index in [-0.39, 0.29) is 29.6 Å². The van der Waals surface area contributed by atoms with E-state index in [1.165, 1.54) is 4.52 Å². The molecule has 176 valence electrons. The molecule has 4 rings (SSSR count). The Balaban J connectivity index is 1.59. The molecule has 3 N–H and O–H groups in total. The molecule has 0 fully saturated rings. The number of hydrogen-bond donors (Lipinski definition) is 3. The summed E-state index contributed by atoms with van der Waals surface area (Å²) in [5.41, 5.74) is 3.29. The van der Waals surface area contributed by atoms with Crippen LogP contribution >= 0.6 is 0 Å². The molecule has 11 heteroatoms. The Morgan fingerprint density at radius 1 is 1.00 bits per heavy atom. The molecule has 10 nitrogen and oxygen atoms in total. The zero-order chi connectivity index (χ0) is 24.3. The summed E-state index contributed by atoms with van der Waals surface area (Å²) < 4.78 is 25.9. The third kappa shape index (κ3) is 5.15. The molecule has 34 heavy (non-hydrogen) atoms. The fourth-order valence-electron chi connectivity index (χ4n) is 3.34. The Morgan fingerprint density at radius 3 is 2.41 bits per heavy atom. The summed E-state index contributed by atoms with van der Waals surface area (Å²) in [4.78, 5) is 20.9. The predicted molar refractivity (Wildman–Crippen MR) is 131 cm³/mol. The largest absolute Gasteiger partial charge is 0.350 e. The van der Waals surface area contributed by atoms with Crippen LogP contribution in [0.1, 0.15) is 30.9 Å². The van der Waals surface area contributed by atoms with E-state index in [0.717, 1.165) is 17.4 Å². The summed E-state index contributed by atoms with van der Waals surface area (Å²) in [6, 6.07) is 16.0. The second-order valence-corrected chi connectivity index (χ2v) is 9.96. The summed E-state index contributed by atoms with van der Waals surface area (Å²) >= 11 is 0. The van der Waals surface area contributed by atoms with Gasteiger partial charge in [0.05, 0.1) is 6.20 Å². The number of rotatable bonds is 7. The molecule has 4 aromatic rings. The number of aromatic nitrogens is 4. The molecule has 2 aromatic heterocycles. The second kappa shape index (κ2) is 9.48. The number of urea groups is 1. The molecule has 0 aliphatic heterocycles. The Kier molecular flexibility index (Phi) is 6.46. The third-order valence-electron chi connectivity index (χ3n) is 5.06. The molecule has 0 atom stereocenters. The van der Waals surface area contributed by atoms with Gasteiger partial charge in [0.25, 0.3) is 5.16 Å². The number of sulfone groups is 1. The lowest BCUT2D eigenvalue weighted by Gasteiger charge is -2.14. The molecule has 2 heterocycles. The first-order valence-corrected chi connectivity index (χ1v) is 12.5. The average Bonchev–Trinajstić information content (AvgIpc) is 3.23. The number of hydrogen-bond acceptors (Lipinski definition) is 7. The van der Waals surface area contributed by atoms with Gasteiger partial charge < -0.3 is 16.0 Å². The number of para-hydroxylation sites is 2. The maximum atomic E-state index is 12.5. The van der Waals surface area contributed by atoms with E-state index in [1.807, 2.05) is 50.2 Å². The molecule has 0 saturated carbocycles. The first kappa shape index (κ1) is 23.2. The smallest absolute Gasteiger partial charge is 0.323 e. The van der Waals surface area contributed by atoms with E-state index < -0.39 is 9.84 Å². The van der Waals surface area contributed by atoms with Gasteiger partial charge in [-0.1, -0.05) is 50.2 Å². The van der Waals surface area contributed by atoms with Gasteiger partial charge in [-0.25, -0.2) is 13.2 Å². The molecule has 0 unspecified atom stereocenters. The van der Waals surface area contributed by atoms with Crippen molar-refractivity contribution >= 4 is 38.8 Å². The minimum absolute atomic E-state index is 0.0979. The lowest BCUT2D eigenvalue weighted by Crippen LogP contribution is -2.21. The Morgan fingerprint density at radius 2 is 1.71 bits per heavy atom. The summed E-state index contributed by atoms with van der Waals surface area (Å²) in [7, 11) is -3.64. The number of carbonyl (C=O) groups excluding carboxylic acids is 1. The molecule has 0 aliphatic rings. The van der Waals surface area contributed by atoms with Gasteiger partial charge in [0.1, 0.15) is 0 Å². The zero-order valence-electron chi connectivity index (χ0n) is 19.0. The van der Waals surface area contributed by atoms with Crippen LogP contribution in [0.15, 0.2) is 66.0 Å². The number of carbonyl (C=O) groups is 1. The predicted octanol–water partition coefficient (Wildman–Crippen LogP) is 3.91. The highest BCUT2D eigenvalue weighted by Crippen LogP contribution is 2.23. The van der Waals surface area contributed by atoms with Gasteiger partial charge in [0, 0.05) is 29.7 Å². The van der Waals surface area contributed by atoms with Crippen molar-refractivity contribution in [2.45, 2.75) is 31.5 Å². The van der Waals surface area contributed by atoms with Gasteiger partial charge in [0.2, 0.25) is 15.8 Å². The summed E-state index contributed by atoms with van der Waals surface area (Å²) in [5, 5.41) is 12.8. The van der Waals surface area contributed by atoms with E-state index in [9.17, 15) is 13.2 Å². The van der Waals surface area contributed by atoms with Crippen LogP contribution in [0.25, 0.3) is 5.65 Å². The van der Waals surface area contributed by atoms with Crippen LogP contribution in [0, 0.1) is 0 Å². The zero-order valence-corrected chi connectivity index (χ0v) is 19.8. The Labute approximate surface area is 197 Å². The van der Waals surface area contributed by atoms with Crippen molar-refractivity contribution < 1.29 is 13.2 Å². The van der Waals surface area contributed by atoms with Crippen molar-refractivity contribution in [3.05, 3.63) is 71.9 Å². The van der Waals surface area contributed by atoms with Gasteiger partial charge in [-0.05, 0) is 29.7 Å². The van der Waals surface area contributed by atoms with Crippen LogP contribution in [0.2, 0.25) is 0 Å². The summed E-state index contributed by atoms with van der Waals surface area (Å²) in [5.74, 6) is 0.335. The van der Waals surface area contributed by atoms with Gasteiger partial charge in [-0.2, -0.15) is 19.6 Å². The van der Waals surface area contributed by atoms with Crippen molar-refractivity contribution in [3.8, 4) is 0 Å². The van der Waals surface area contributed by atoms with Crippen molar-refractivity contribution in [2.75, 3.05) is 22.2 Å². The van der Waals surface area contributed by atoms with Gasteiger partial charge in [-0.15, -0.1) is 0 Å². The maximum Gasteiger partial charge on any atom is 0.323 e. The highest BCUT2D eigenvalue weighted by Gasteiger charge is 2.20. The highest BCUT2D eigenvalue weighted by molar-refractivity contribution is 7.90. The van der Waals surface area contributed by atoms with E-state index in [1.54, 1.807) is 24.4 Å². The van der Waals surface area contributed by atoms with Crippen LogP contribution < -0.4 is 16.0 Å². The van der Waals surface area contributed by atoms with Crippen molar-refractivity contribution in [1.82, 2.24) is 19.6 Å². The quantitative estimate of drug-likeness (QED) is 0.366. The fraction of sp³-hybridized carbons (Fsp3) is 0.217. The van der Waals surface area contributed by atoms with Crippen LogP contribution in [-0.4, -0.2) is 40.3 Å². The SMILES string of the molecule is CC(C)c1cnn2c(NCc3ccccc3NC(=O)Nc3ccccc3)nc(S(C)(=O)=O)nc12. The van der Waals surface area contributed by atoms with Crippen LogP contribution in [0.5, 0.6) is 0 Å². The monoisotopic (exact) mass is 479 g/mol. The summed E-state index contributed by atoms with van der Waals surface area (Å²) in [6.07, 6.45) is 2.73. The van der Waals surface area contributed by atoms with E-state index >= 15 is 0 Å². The number of anilines is 3. The number of fused-ring (bicyclic) bond motifs is 1. The number of benzene rings is 2. The number of nitrogens with zero attached hydrogens (tertiary/aromatic N) is 4. The minimum atomic E-state index is -3.64. The standard InChI is InChI=1S/C23H25N7O3S/c1-15(2)18-14-25-30-20(18)28-23(34(3,32)33)29-21(30)24-13-16-9-7-8-12-19(16)27-22(31)26-17-10-5-4-6-11-17/h4-12,14-15H,13H2,1-3H3,(H,24,28,29)(H2,26,27,31). The van der Waals surface area contributed by atoms with Gasteiger partial charge in [0.15, 0.2) is 5.65 Å². The normalized spacial score (nSPS) is 11.5. The van der Waals surface area contributed by atoms with Crippen molar-refractivity contribution in [1.29, 1.82) is 0 Å². The molecule has 2 aromatic carbocycles. The average molecular weight is 480 g/mol. The molecule has 2 amide bonds. The lowest BCUT2D eigenvalue weighted by molar-refractivity contribution is 0.262. The molecule has 0 aliphatic carbocycles. The number of nitrogens with one attached hydrogen (secondary N) is 3. The topological polar surface area (TPSA) is 130 Å². The van der Waals surface area contributed by atoms with E-state index in [2.05, 4.69) is 31.0 Å². The minimum Gasteiger partial charge on any atom is -0.350 e. The molecule has 0 spiro atoms. The van der Waals surface area contributed by atoms with Crippen LogP contribution in [0.3, 0.4) is 0 Å². The molecule has 0 bridgehead atoms. The Hall–Kier alpha value is -3.99. The summed E-state index contributed by atoms with van der Waals surface area (Å²) in [6.45, 7) is 4.22. The van der Waals surface area contributed by atoms with E-state index in [0.29, 0.717) is 17.0 Å². The molecular formula is C23H25N7O3S. The van der Waals surface area contributed by atoms with Crippen molar-refractivity contribution in [2.24, 2.45) is 0 Å². The fourth-order valence-corrected chi connectivity index (χ4v) is 3.84. The first-order chi connectivity index (χ1) is 16.2. The molecular weight excluding hydrogens is 454 g/mol. The second-order valence-electron chi connectivity index (χ2n) is 8.05. The highest BCUT2D eigenvalue weighted by atomic mass is 32.2. The van der Waals surface area contributed by atoms with E-state index in [4.69, 9.17) is 0 Å². The van der Waals surface area contributed by atoms with Crippen LogP contribution in [0.4, 0.5) is 22.1 Å². The molecule has 0 radical (unpaired) electrons. The maximum absolute atomic E-state index is 12.5. The van der Waals surface area contributed by atoms with Gasteiger partial charge in [-0.3, -0.25) is 0 Å². The van der Waals surface area contributed by atoms with Gasteiger partial charge >= 0.3 is 6.03 Å². The van der Waals surface area contributed by atoms with Crippen LogP contribution in [-0.2, 0) is 16.4 Å². The molecule has 0 saturated heterocycles. The lowest BCUT2D eigenvalue weighted by atomic mass is 10.1. The number of amides is 2. The third-order valence-corrected chi connectivity index (χ3v) is 5.91.